The number of carboxylic acids is 1. The van der Waals surface area contributed by atoms with E-state index in [1.54, 1.807) is 24.3 Å². The van der Waals surface area contributed by atoms with Crippen LogP contribution in [0.15, 0.2) is 24.3 Å². The standard InChI is InChI=1S/C14H18ClNO4/c1-8(2)12(13(17)16-9(3)14(18)19)20-11-6-4-5-10(15)7-11/h4-9,12H,1-3H3,(H,16,17)(H,18,19). The lowest BCUT2D eigenvalue weighted by Crippen LogP contribution is -2.47. The van der Waals surface area contributed by atoms with Crippen molar-refractivity contribution in [2.24, 2.45) is 5.92 Å². The Morgan fingerprint density at radius 1 is 1.30 bits per heavy atom. The first-order chi connectivity index (χ1) is 9.31. The Hall–Kier alpha value is -1.75. The van der Waals surface area contributed by atoms with Gasteiger partial charge in [0.05, 0.1) is 0 Å². The van der Waals surface area contributed by atoms with Gasteiger partial charge in [-0.2, -0.15) is 0 Å². The molecule has 1 rings (SSSR count). The van der Waals surface area contributed by atoms with E-state index in [0.29, 0.717) is 10.8 Å². The molecule has 0 aliphatic rings. The average molecular weight is 300 g/mol. The fraction of sp³-hybridized carbons (Fsp3) is 0.429. The number of nitrogens with one attached hydrogen (secondary N) is 1. The number of aliphatic carboxylic acids is 1. The van der Waals surface area contributed by atoms with Crippen LogP contribution in [0, 0.1) is 5.92 Å². The molecule has 0 bridgehead atoms. The monoisotopic (exact) mass is 299 g/mol. The van der Waals surface area contributed by atoms with Crippen molar-refractivity contribution >= 4 is 23.5 Å². The minimum atomic E-state index is -1.09. The van der Waals surface area contributed by atoms with Gasteiger partial charge in [0.1, 0.15) is 11.8 Å². The summed E-state index contributed by atoms with van der Waals surface area (Å²) >= 11 is 5.86. The second-order valence-corrected chi connectivity index (χ2v) is 5.24. The highest BCUT2D eigenvalue weighted by atomic mass is 35.5. The number of carboxylic acid groups (broad SMARTS) is 1. The Kier molecular flexibility index (Phi) is 5.82. The fourth-order valence-electron chi connectivity index (χ4n) is 1.54. The summed E-state index contributed by atoms with van der Waals surface area (Å²) in [5.74, 6) is -1.21. The molecule has 2 atom stereocenters. The topological polar surface area (TPSA) is 75.6 Å². The Morgan fingerprint density at radius 3 is 2.45 bits per heavy atom. The van der Waals surface area contributed by atoms with Crippen LogP contribution >= 0.6 is 11.6 Å². The number of carbonyl (C=O) groups is 2. The van der Waals surface area contributed by atoms with Gasteiger partial charge in [0.2, 0.25) is 0 Å². The van der Waals surface area contributed by atoms with Gasteiger partial charge in [-0.1, -0.05) is 31.5 Å². The van der Waals surface area contributed by atoms with Gasteiger partial charge in [-0.25, -0.2) is 0 Å². The summed E-state index contributed by atoms with van der Waals surface area (Å²) < 4.78 is 5.61. The van der Waals surface area contributed by atoms with Gasteiger partial charge in [-0.05, 0) is 31.0 Å². The minimum absolute atomic E-state index is 0.116. The summed E-state index contributed by atoms with van der Waals surface area (Å²) in [5.41, 5.74) is 0. The van der Waals surface area contributed by atoms with Crippen LogP contribution in [0.4, 0.5) is 0 Å². The third kappa shape index (κ3) is 4.74. The third-order valence-corrected chi connectivity index (χ3v) is 2.89. The molecule has 0 aliphatic carbocycles. The van der Waals surface area contributed by atoms with E-state index >= 15 is 0 Å². The van der Waals surface area contributed by atoms with Crippen LogP contribution < -0.4 is 10.1 Å². The van der Waals surface area contributed by atoms with Gasteiger partial charge in [-0.3, -0.25) is 9.59 Å². The van der Waals surface area contributed by atoms with Gasteiger partial charge in [0, 0.05) is 5.02 Å². The van der Waals surface area contributed by atoms with E-state index in [0.717, 1.165) is 0 Å². The van der Waals surface area contributed by atoms with E-state index in [1.807, 2.05) is 13.8 Å². The van der Waals surface area contributed by atoms with E-state index < -0.39 is 24.0 Å². The van der Waals surface area contributed by atoms with Crippen molar-refractivity contribution in [3.63, 3.8) is 0 Å². The molecule has 5 nitrogen and oxygen atoms in total. The molecular formula is C14H18ClNO4. The van der Waals surface area contributed by atoms with Crippen molar-refractivity contribution in [2.45, 2.75) is 32.9 Å². The molecule has 1 aromatic carbocycles. The van der Waals surface area contributed by atoms with E-state index in [1.165, 1.54) is 6.92 Å². The maximum atomic E-state index is 12.1. The smallest absolute Gasteiger partial charge is 0.325 e. The Balaban J connectivity index is 2.79. The van der Waals surface area contributed by atoms with Crippen LogP contribution in [-0.2, 0) is 9.59 Å². The number of amides is 1. The molecule has 2 unspecified atom stereocenters. The van der Waals surface area contributed by atoms with Crippen LogP contribution in [-0.4, -0.2) is 29.1 Å². The lowest BCUT2D eigenvalue weighted by molar-refractivity contribution is -0.143. The molecule has 0 spiro atoms. The van der Waals surface area contributed by atoms with Crippen molar-refractivity contribution in [2.75, 3.05) is 0 Å². The van der Waals surface area contributed by atoms with Gasteiger partial charge >= 0.3 is 5.97 Å². The van der Waals surface area contributed by atoms with E-state index in [9.17, 15) is 9.59 Å². The first-order valence-electron chi connectivity index (χ1n) is 6.26. The van der Waals surface area contributed by atoms with Gasteiger partial charge in [0.25, 0.3) is 5.91 Å². The zero-order chi connectivity index (χ0) is 15.3. The SMILES string of the molecule is CC(NC(=O)C(Oc1cccc(Cl)c1)C(C)C)C(=O)O. The second-order valence-electron chi connectivity index (χ2n) is 4.81. The number of ether oxygens (including phenoxy) is 1. The molecule has 0 saturated carbocycles. The normalized spacial score (nSPS) is 13.7. The highest BCUT2D eigenvalue weighted by Crippen LogP contribution is 2.20. The molecule has 1 aromatic rings. The first-order valence-corrected chi connectivity index (χ1v) is 6.64. The number of halogens is 1. The maximum absolute atomic E-state index is 12.1. The summed E-state index contributed by atoms with van der Waals surface area (Å²) in [6.45, 7) is 5.04. The number of hydrogen-bond acceptors (Lipinski definition) is 3. The van der Waals surface area contributed by atoms with Crippen LogP contribution in [0.25, 0.3) is 0 Å². The predicted molar refractivity (Wildman–Crippen MR) is 75.9 cm³/mol. The number of carbonyl (C=O) groups excluding carboxylic acids is 1. The van der Waals surface area contributed by atoms with Crippen molar-refractivity contribution in [1.29, 1.82) is 0 Å². The molecule has 0 heterocycles. The molecule has 6 heteroatoms. The van der Waals surface area contributed by atoms with Crippen molar-refractivity contribution < 1.29 is 19.4 Å². The number of hydrogen-bond donors (Lipinski definition) is 2. The average Bonchev–Trinajstić information content (AvgIpc) is 2.35. The molecule has 20 heavy (non-hydrogen) atoms. The summed E-state index contributed by atoms with van der Waals surface area (Å²) in [5, 5.41) is 11.7. The molecule has 0 fully saturated rings. The van der Waals surface area contributed by atoms with E-state index in [4.69, 9.17) is 21.4 Å². The van der Waals surface area contributed by atoms with Crippen molar-refractivity contribution in [3.05, 3.63) is 29.3 Å². The van der Waals surface area contributed by atoms with Crippen LogP contribution in [0.3, 0.4) is 0 Å². The fourth-order valence-corrected chi connectivity index (χ4v) is 1.72. The number of benzene rings is 1. The molecule has 0 radical (unpaired) electrons. The molecule has 0 aromatic heterocycles. The Labute approximate surface area is 122 Å². The largest absolute Gasteiger partial charge is 0.480 e. The van der Waals surface area contributed by atoms with Gasteiger partial charge in [-0.15, -0.1) is 0 Å². The zero-order valence-corrected chi connectivity index (χ0v) is 12.3. The molecule has 0 aliphatic heterocycles. The quantitative estimate of drug-likeness (QED) is 0.845. The lowest BCUT2D eigenvalue weighted by Gasteiger charge is -2.23. The van der Waals surface area contributed by atoms with Crippen molar-refractivity contribution in [1.82, 2.24) is 5.32 Å². The molecule has 2 N–H and O–H groups in total. The highest BCUT2D eigenvalue weighted by Gasteiger charge is 2.27. The number of rotatable bonds is 6. The Morgan fingerprint density at radius 2 is 1.95 bits per heavy atom. The third-order valence-electron chi connectivity index (χ3n) is 2.65. The van der Waals surface area contributed by atoms with Crippen LogP contribution in [0.1, 0.15) is 20.8 Å². The zero-order valence-electron chi connectivity index (χ0n) is 11.6. The molecule has 1 amide bonds. The van der Waals surface area contributed by atoms with E-state index in [-0.39, 0.29) is 5.92 Å². The van der Waals surface area contributed by atoms with Gasteiger partial charge in [0.15, 0.2) is 6.10 Å². The lowest BCUT2D eigenvalue weighted by atomic mass is 10.1. The summed E-state index contributed by atoms with van der Waals surface area (Å²) in [4.78, 5) is 22.8. The maximum Gasteiger partial charge on any atom is 0.325 e. The van der Waals surface area contributed by atoms with Gasteiger partial charge < -0.3 is 15.2 Å². The molecule has 110 valence electrons. The first kappa shape index (κ1) is 16.3. The second kappa shape index (κ2) is 7.14. The highest BCUT2D eigenvalue weighted by molar-refractivity contribution is 6.30. The minimum Gasteiger partial charge on any atom is -0.480 e. The van der Waals surface area contributed by atoms with Crippen LogP contribution in [0.2, 0.25) is 5.02 Å². The summed E-state index contributed by atoms with van der Waals surface area (Å²) in [6, 6.07) is 5.74. The van der Waals surface area contributed by atoms with Crippen LogP contribution in [0.5, 0.6) is 5.75 Å². The predicted octanol–water partition coefficient (Wildman–Crippen LogP) is 2.33. The molecular weight excluding hydrogens is 282 g/mol. The van der Waals surface area contributed by atoms with Crippen molar-refractivity contribution in [3.8, 4) is 5.75 Å². The summed E-state index contributed by atoms with van der Waals surface area (Å²) in [7, 11) is 0. The summed E-state index contributed by atoms with van der Waals surface area (Å²) in [6.07, 6.45) is -0.782. The molecule has 0 saturated heterocycles. The Bertz CT molecular complexity index is 490. The van der Waals surface area contributed by atoms with E-state index in [2.05, 4.69) is 5.32 Å².